The maximum atomic E-state index is 13.4. The van der Waals surface area contributed by atoms with Gasteiger partial charge < -0.3 is 58.3 Å². The number of fused-ring (bicyclic) bond motifs is 6. The van der Waals surface area contributed by atoms with Crippen molar-refractivity contribution in [3.05, 3.63) is 59.8 Å². The van der Waals surface area contributed by atoms with Crippen LogP contribution in [0.2, 0.25) is 0 Å². The summed E-state index contributed by atoms with van der Waals surface area (Å²) < 4.78 is 46.7. The lowest BCUT2D eigenvalue weighted by Gasteiger charge is -2.53. The molecule has 0 aliphatic carbocycles. The molecule has 3 fully saturated rings. The van der Waals surface area contributed by atoms with Crippen LogP contribution in [-0.4, -0.2) is 131 Å². The number of hydrogen-bond donors (Lipinski definition) is 4. The molecule has 4 N–H and O–H groups in total. The monoisotopic (exact) mass is 904 g/mol. The van der Waals surface area contributed by atoms with Crippen molar-refractivity contribution in [3.8, 4) is 0 Å². The third kappa shape index (κ3) is 13.4. The highest BCUT2D eigenvalue weighted by Gasteiger charge is 2.59. The fourth-order valence-electron chi connectivity index (χ4n) is 8.57. The summed E-state index contributed by atoms with van der Waals surface area (Å²) in [5.41, 5.74) is -2.06. The van der Waals surface area contributed by atoms with Crippen LogP contribution in [-0.2, 0) is 61.9 Å². The van der Waals surface area contributed by atoms with Crippen molar-refractivity contribution in [2.24, 2.45) is 10.8 Å². The number of unbranched alkanes of at least 4 members (excludes halogenated alkanes) is 1. The molecule has 17 heteroatoms. The number of aliphatic hydroxyl groups excluding tert-OH is 2. The van der Waals surface area contributed by atoms with Crippen LogP contribution in [0.1, 0.15) is 113 Å². The van der Waals surface area contributed by atoms with Gasteiger partial charge in [0.15, 0.2) is 11.9 Å². The highest BCUT2D eigenvalue weighted by Crippen LogP contribution is 2.50. The van der Waals surface area contributed by atoms with Crippen molar-refractivity contribution in [3.63, 3.8) is 0 Å². The minimum absolute atomic E-state index is 0.0721. The van der Waals surface area contributed by atoms with Gasteiger partial charge in [-0.15, -0.1) is 0 Å². The quantitative estimate of drug-likeness (QED) is 0.0830. The Morgan fingerprint density at radius 1 is 0.875 bits per heavy atom. The van der Waals surface area contributed by atoms with Gasteiger partial charge in [0.25, 0.3) is 0 Å². The summed E-state index contributed by atoms with van der Waals surface area (Å²) in [5, 5.41) is 47.5. The number of aliphatic hydroxyl groups is 4. The average Bonchev–Trinajstić information content (AvgIpc) is 3.19. The lowest BCUT2D eigenvalue weighted by atomic mass is 9.70. The van der Waals surface area contributed by atoms with Gasteiger partial charge in [-0.3, -0.25) is 9.59 Å². The van der Waals surface area contributed by atoms with Crippen molar-refractivity contribution in [2.45, 2.75) is 179 Å². The van der Waals surface area contributed by atoms with Gasteiger partial charge in [0.1, 0.15) is 12.2 Å². The summed E-state index contributed by atoms with van der Waals surface area (Å²) in [6.45, 7) is 11.2. The van der Waals surface area contributed by atoms with Crippen LogP contribution in [0.5, 0.6) is 0 Å². The van der Waals surface area contributed by atoms with E-state index in [1.54, 1.807) is 45.9 Å². The molecule has 0 saturated carbocycles. The standard InChI is InChI=1S/C47H68O17/c1-10-11-12-13-14-15-39(51)62-43-31(22-41(53)58-9)21-34-25-37(28(2)48)61-42(54)24-32(50)23-35-26-38(59-29(3)49)45(6,7)46(55,63-35)27-36-19-30(20-40(52)57-8)18-33(60-36)16-17-44(4,5)47(43,56)64-34/h12-17,20,22,28,32-38,43,48,50,55-56H,10-11,18-19,21,23-27H2,1-9H3/b13-12+,15-14+,17-16-,30-20+,31-22+/t28-,32-,33+,34?,35-,36+,37-,38+,43+,46+,47-/m1/s1. The molecule has 6 bridgehead atoms. The molecule has 1 unspecified atom stereocenters. The van der Waals surface area contributed by atoms with Crippen molar-refractivity contribution in [1.29, 1.82) is 0 Å². The number of rotatable bonds is 9. The average molecular weight is 905 g/mol. The Bertz CT molecular complexity index is 1830. The van der Waals surface area contributed by atoms with E-state index in [1.165, 1.54) is 33.1 Å². The summed E-state index contributed by atoms with van der Waals surface area (Å²) in [5.74, 6) is -8.31. The van der Waals surface area contributed by atoms with Crippen LogP contribution in [0.4, 0.5) is 0 Å². The molecule has 0 amide bonds. The van der Waals surface area contributed by atoms with E-state index in [9.17, 15) is 44.4 Å². The van der Waals surface area contributed by atoms with E-state index in [0.717, 1.165) is 32.1 Å². The van der Waals surface area contributed by atoms with E-state index in [0.29, 0.717) is 5.57 Å². The molecule has 17 nitrogen and oxygen atoms in total. The van der Waals surface area contributed by atoms with Crippen molar-refractivity contribution in [2.75, 3.05) is 14.2 Å². The third-order valence-electron chi connectivity index (χ3n) is 12.4. The first kappa shape index (κ1) is 52.4. The molecule has 0 spiro atoms. The van der Waals surface area contributed by atoms with E-state index in [4.69, 9.17) is 37.9 Å². The number of cyclic esters (lactones) is 1. The van der Waals surface area contributed by atoms with Crippen LogP contribution >= 0.6 is 0 Å². The van der Waals surface area contributed by atoms with Gasteiger partial charge in [0.2, 0.25) is 5.79 Å². The molecular formula is C47H68O17. The zero-order chi connectivity index (χ0) is 47.6. The second kappa shape index (κ2) is 22.3. The maximum Gasteiger partial charge on any atom is 0.331 e. The van der Waals surface area contributed by atoms with Crippen molar-refractivity contribution >= 4 is 29.8 Å². The number of ether oxygens (including phenoxy) is 8. The normalized spacial score (nSPS) is 35.8. The molecule has 11 atom stereocenters. The van der Waals surface area contributed by atoms with E-state index in [-0.39, 0.29) is 50.5 Å². The van der Waals surface area contributed by atoms with E-state index in [1.807, 2.05) is 13.0 Å². The van der Waals surface area contributed by atoms with Gasteiger partial charge in [-0.2, -0.15) is 0 Å². The predicted octanol–water partition coefficient (Wildman–Crippen LogP) is 4.28. The predicted molar refractivity (Wildman–Crippen MR) is 228 cm³/mol. The van der Waals surface area contributed by atoms with E-state index in [2.05, 4.69) is 0 Å². The van der Waals surface area contributed by atoms with E-state index >= 15 is 0 Å². The Morgan fingerprint density at radius 2 is 1.56 bits per heavy atom. The van der Waals surface area contributed by atoms with Crippen LogP contribution in [0.15, 0.2) is 59.8 Å². The molecule has 0 aromatic heterocycles. The molecule has 0 aromatic rings. The molecule has 4 rings (SSSR count). The molecule has 4 aliphatic rings. The summed E-state index contributed by atoms with van der Waals surface area (Å²) >= 11 is 0. The summed E-state index contributed by atoms with van der Waals surface area (Å²) in [6.07, 6.45) is 2.55. The lowest BCUT2D eigenvalue weighted by molar-refractivity contribution is -0.348. The van der Waals surface area contributed by atoms with Gasteiger partial charge in [0.05, 0.1) is 62.7 Å². The SMILES string of the molecule is CCC/C=C/C=C/C(=O)O[C@H]1/C(=C/C(=O)OC)CC2C[C@H]([C@@H](C)O)OC(=O)C[C@H](O)C[C@@H]3C[C@H](OC(C)=O)C(C)(C)[C@](O)(C[C@@H]4C/C(=C/C(=O)OC)C[C@H](/C=C\C(C)(C)[C@]1(O)O2)O4)O3. The number of carbonyl (C=O) groups excluding carboxylic acids is 5. The Morgan fingerprint density at radius 3 is 2.20 bits per heavy atom. The first-order chi connectivity index (χ1) is 29.9. The summed E-state index contributed by atoms with van der Waals surface area (Å²) in [4.78, 5) is 64.7. The van der Waals surface area contributed by atoms with Crippen LogP contribution < -0.4 is 0 Å². The van der Waals surface area contributed by atoms with Gasteiger partial charge in [-0.25, -0.2) is 14.4 Å². The molecular weight excluding hydrogens is 836 g/mol. The van der Waals surface area contributed by atoms with Crippen LogP contribution in [0.3, 0.4) is 0 Å². The lowest BCUT2D eigenvalue weighted by Crippen LogP contribution is -2.62. The highest BCUT2D eigenvalue weighted by atomic mass is 16.7. The van der Waals surface area contributed by atoms with Crippen LogP contribution in [0.25, 0.3) is 0 Å². The number of methoxy groups -OCH3 is 2. The van der Waals surface area contributed by atoms with Crippen molar-refractivity contribution < 1.29 is 82.3 Å². The molecule has 64 heavy (non-hydrogen) atoms. The molecule has 3 saturated heterocycles. The fraction of sp³-hybridized carbons (Fsp3) is 0.681. The smallest absolute Gasteiger partial charge is 0.331 e. The van der Waals surface area contributed by atoms with Crippen molar-refractivity contribution in [1.82, 2.24) is 0 Å². The second-order valence-electron chi connectivity index (χ2n) is 18.3. The largest absolute Gasteiger partial charge is 0.466 e. The highest BCUT2D eigenvalue weighted by molar-refractivity contribution is 5.85. The molecule has 0 aromatic carbocycles. The Labute approximate surface area is 375 Å². The Hall–Kier alpha value is -4.23. The van der Waals surface area contributed by atoms with E-state index < -0.39 is 114 Å². The zero-order valence-electron chi connectivity index (χ0n) is 38.5. The first-order valence-corrected chi connectivity index (χ1v) is 21.9. The van der Waals surface area contributed by atoms with Gasteiger partial charge in [-0.05, 0) is 38.2 Å². The van der Waals surface area contributed by atoms with Gasteiger partial charge in [0, 0.05) is 56.3 Å². The number of hydrogen-bond acceptors (Lipinski definition) is 17. The maximum absolute atomic E-state index is 13.4. The number of carbonyl (C=O) groups is 5. The molecule has 4 heterocycles. The van der Waals surface area contributed by atoms with Gasteiger partial charge >= 0.3 is 29.8 Å². The zero-order valence-corrected chi connectivity index (χ0v) is 38.5. The summed E-state index contributed by atoms with van der Waals surface area (Å²) in [6, 6.07) is 0. The van der Waals surface area contributed by atoms with Gasteiger partial charge in [-0.1, -0.05) is 77.0 Å². The minimum Gasteiger partial charge on any atom is -0.466 e. The molecule has 358 valence electrons. The number of esters is 5. The topological polar surface area (TPSA) is 240 Å². The fourth-order valence-corrected chi connectivity index (χ4v) is 8.57. The minimum atomic E-state index is -2.47. The van der Waals surface area contributed by atoms with Crippen LogP contribution in [0, 0.1) is 10.8 Å². The first-order valence-electron chi connectivity index (χ1n) is 21.9. The Balaban J connectivity index is 1.89. The second-order valence-corrected chi connectivity index (χ2v) is 18.3. The number of allylic oxidation sites excluding steroid dienone is 3. The molecule has 4 aliphatic heterocycles. The summed E-state index contributed by atoms with van der Waals surface area (Å²) in [7, 11) is 2.40. The third-order valence-corrected chi connectivity index (χ3v) is 12.4. The Kier molecular flexibility index (Phi) is 18.3. The molecule has 0 radical (unpaired) electrons.